The molecule has 2 amide bonds. The van der Waals surface area contributed by atoms with Crippen LogP contribution < -0.4 is 4.90 Å². The summed E-state index contributed by atoms with van der Waals surface area (Å²) in [6, 6.07) is 15.4. The van der Waals surface area contributed by atoms with Gasteiger partial charge in [0.05, 0.1) is 18.3 Å². The molecule has 180 valence electrons. The molecule has 7 nitrogen and oxygen atoms in total. The molecule has 1 fully saturated rings. The first-order valence-corrected chi connectivity index (χ1v) is 11.8. The van der Waals surface area contributed by atoms with Crippen LogP contribution in [-0.4, -0.2) is 47.2 Å². The predicted molar refractivity (Wildman–Crippen MR) is 128 cm³/mol. The van der Waals surface area contributed by atoms with Gasteiger partial charge in [-0.25, -0.2) is 9.59 Å². The van der Waals surface area contributed by atoms with Crippen molar-refractivity contribution in [3.63, 3.8) is 0 Å². The first kappa shape index (κ1) is 23.8. The molecule has 1 unspecified atom stereocenters. The Kier molecular flexibility index (Phi) is 6.64. The molecular weight excluding hydrogens is 432 g/mol. The Morgan fingerprint density at radius 1 is 0.941 bits per heavy atom. The summed E-state index contributed by atoms with van der Waals surface area (Å²) in [7, 11) is 0. The fourth-order valence-corrected chi connectivity index (χ4v) is 4.88. The molecule has 0 aromatic heterocycles. The summed E-state index contributed by atoms with van der Waals surface area (Å²) >= 11 is 0. The molecule has 7 heteroatoms. The average Bonchev–Trinajstić information content (AvgIpc) is 3.40. The quantitative estimate of drug-likeness (QED) is 0.616. The van der Waals surface area contributed by atoms with Crippen molar-refractivity contribution in [2.45, 2.75) is 70.7 Å². The van der Waals surface area contributed by atoms with Gasteiger partial charge in [-0.2, -0.15) is 0 Å². The van der Waals surface area contributed by atoms with Crippen molar-refractivity contribution in [3.8, 4) is 0 Å². The lowest BCUT2D eigenvalue weighted by molar-refractivity contribution is -0.154. The maximum atomic E-state index is 14.2. The van der Waals surface area contributed by atoms with Crippen molar-refractivity contribution >= 4 is 23.7 Å². The lowest BCUT2D eigenvalue weighted by atomic mass is 10.0. The number of carbonyl (C=O) groups is 3. The van der Waals surface area contributed by atoms with E-state index in [0.29, 0.717) is 24.9 Å². The highest BCUT2D eigenvalue weighted by Gasteiger charge is 2.49. The molecule has 0 N–H and O–H groups in total. The van der Waals surface area contributed by atoms with Gasteiger partial charge in [-0.1, -0.05) is 48.5 Å². The van der Waals surface area contributed by atoms with Crippen LogP contribution in [0.3, 0.4) is 0 Å². The smallest absolute Gasteiger partial charge is 0.415 e. The van der Waals surface area contributed by atoms with Crippen LogP contribution in [-0.2, 0) is 25.5 Å². The van der Waals surface area contributed by atoms with Crippen LogP contribution in [0.2, 0.25) is 0 Å². The zero-order valence-electron chi connectivity index (χ0n) is 20.2. The number of anilines is 1. The summed E-state index contributed by atoms with van der Waals surface area (Å²) in [6.45, 7) is 7.39. The van der Waals surface area contributed by atoms with E-state index in [1.165, 1.54) is 4.90 Å². The fraction of sp³-hybridized carbons (Fsp3) is 0.444. The number of amides is 2. The molecule has 0 aliphatic carbocycles. The third-order valence-electron chi connectivity index (χ3n) is 6.23. The van der Waals surface area contributed by atoms with Crippen LogP contribution in [0.5, 0.6) is 0 Å². The number of carbonyl (C=O) groups excluding carboxylic acids is 3. The molecule has 4 rings (SSSR count). The Morgan fingerprint density at radius 2 is 1.62 bits per heavy atom. The van der Waals surface area contributed by atoms with Crippen molar-refractivity contribution in [1.82, 2.24) is 4.90 Å². The van der Waals surface area contributed by atoms with E-state index in [4.69, 9.17) is 9.47 Å². The topological polar surface area (TPSA) is 76.2 Å². The molecule has 2 heterocycles. The summed E-state index contributed by atoms with van der Waals surface area (Å²) in [5.74, 6) is -0.680. The Balaban J connectivity index is 1.72. The lowest BCUT2D eigenvalue weighted by Gasteiger charge is -2.35. The number of fused-ring (bicyclic) bond motifs is 1. The van der Waals surface area contributed by atoms with Crippen LogP contribution in [0.4, 0.5) is 10.5 Å². The number of hydrogen-bond donors (Lipinski definition) is 0. The third-order valence-corrected chi connectivity index (χ3v) is 6.23. The van der Waals surface area contributed by atoms with Gasteiger partial charge in [0.1, 0.15) is 17.7 Å². The molecule has 2 aliphatic rings. The number of benzene rings is 2. The third kappa shape index (κ3) is 4.65. The highest BCUT2D eigenvalue weighted by molar-refractivity contribution is 6.02. The van der Waals surface area contributed by atoms with E-state index in [1.54, 1.807) is 32.6 Å². The van der Waals surface area contributed by atoms with Gasteiger partial charge < -0.3 is 14.4 Å². The zero-order chi connectivity index (χ0) is 24.5. The van der Waals surface area contributed by atoms with Gasteiger partial charge in [-0.05, 0) is 57.7 Å². The summed E-state index contributed by atoms with van der Waals surface area (Å²) in [6.07, 6.45) is 0.947. The monoisotopic (exact) mass is 464 g/mol. The molecule has 2 aromatic rings. The summed E-state index contributed by atoms with van der Waals surface area (Å²) in [5.41, 5.74) is 1.81. The van der Waals surface area contributed by atoms with E-state index in [-0.39, 0.29) is 18.6 Å². The van der Waals surface area contributed by atoms with Crippen molar-refractivity contribution < 1.29 is 23.9 Å². The molecule has 2 aromatic carbocycles. The largest absolute Gasteiger partial charge is 0.464 e. The van der Waals surface area contributed by atoms with Crippen molar-refractivity contribution in [2.75, 3.05) is 11.5 Å². The minimum absolute atomic E-state index is 0.242. The first-order chi connectivity index (χ1) is 16.2. The number of hydrogen-bond acceptors (Lipinski definition) is 5. The Labute approximate surface area is 200 Å². The molecule has 2 aliphatic heterocycles. The standard InChI is InChI=1S/C27H32N2O5/c1-5-33-25(31)22-16-15-21(18-11-7-6-8-12-18)28(22)24(30)23-17-19-13-9-10-14-20(19)29(23)26(32)34-27(2,3)4/h6-14,21-23H,5,15-17H2,1-4H3/t21-,22+,23?/m0/s1. The number of likely N-dealkylation sites (tertiary alicyclic amines) is 1. The molecule has 1 saturated heterocycles. The highest BCUT2D eigenvalue weighted by Crippen LogP contribution is 2.41. The minimum Gasteiger partial charge on any atom is -0.464 e. The first-order valence-electron chi connectivity index (χ1n) is 11.8. The van der Waals surface area contributed by atoms with Crippen LogP contribution in [0, 0.1) is 0 Å². The normalized spacial score (nSPS) is 21.8. The van der Waals surface area contributed by atoms with Gasteiger partial charge in [0, 0.05) is 6.42 Å². The van der Waals surface area contributed by atoms with Crippen molar-refractivity contribution in [3.05, 3.63) is 65.7 Å². The second kappa shape index (κ2) is 9.49. The number of para-hydroxylation sites is 1. The van der Waals surface area contributed by atoms with Crippen molar-refractivity contribution in [2.24, 2.45) is 0 Å². The second-order valence-electron chi connectivity index (χ2n) is 9.72. The Bertz CT molecular complexity index is 1060. The molecular formula is C27H32N2O5. The van der Waals surface area contributed by atoms with Gasteiger partial charge in [0.15, 0.2) is 0 Å². The Hall–Kier alpha value is -3.35. The average molecular weight is 465 g/mol. The van der Waals surface area contributed by atoms with Gasteiger partial charge in [-0.3, -0.25) is 9.69 Å². The second-order valence-corrected chi connectivity index (χ2v) is 9.72. The fourth-order valence-electron chi connectivity index (χ4n) is 4.88. The van der Waals surface area contributed by atoms with E-state index in [0.717, 1.165) is 11.1 Å². The minimum atomic E-state index is -0.798. The van der Waals surface area contributed by atoms with Gasteiger partial charge in [-0.15, -0.1) is 0 Å². The van der Waals surface area contributed by atoms with Crippen LogP contribution >= 0.6 is 0 Å². The van der Waals surface area contributed by atoms with Crippen LogP contribution in [0.25, 0.3) is 0 Å². The SMILES string of the molecule is CCOC(=O)[C@H]1CC[C@@H](c2ccccc2)N1C(=O)C1Cc2ccccc2N1C(=O)OC(C)(C)C. The molecule has 34 heavy (non-hydrogen) atoms. The van der Waals surface area contributed by atoms with Crippen molar-refractivity contribution in [1.29, 1.82) is 0 Å². The molecule has 0 bridgehead atoms. The van der Waals surface area contributed by atoms with E-state index < -0.39 is 29.7 Å². The van der Waals surface area contributed by atoms with E-state index in [2.05, 4.69) is 0 Å². The number of nitrogens with zero attached hydrogens (tertiary/aromatic N) is 2. The van der Waals surface area contributed by atoms with Crippen LogP contribution in [0.15, 0.2) is 54.6 Å². The molecule has 0 spiro atoms. The summed E-state index contributed by atoms with van der Waals surface area (Å²) in [5, 5.41) is 0. The molecule has 3 atom stereocenters. The van der Waals surface area contributed by atoms with E-state index in [1.807, 2.05) is 54.6 Å². The predicted octanol–water partition coefficient (Wildman–Crippen LogP) is 4.65. The van der Waals surface area contributed by atoms with E-state index in [9.17, 15) is 14.4 Å². The number of ether oxygens (including phenoxy) is 2. The van der Waals surface area contributed by atoms with E-state index >= 15 is 0 Å². The highest BCUT2D eigenvalue weighted by atomic mass is 16.6. The maximum absolute atomic E-state index is 14.2. The molecule has 0 saturated carbocycles. The summed E-state index contributed by atoms with van der Waals surface area (Å²) < 4.78 is 11.0. The zero-order valence-corrected chi connectivity index (χ0v) is 20.2. The van der Waals surface area contributed by atoms with Gasteiger partial charge in [0.2, 0.25) is 5.91 Å². The molecule has 0 radical (unpaired) electrons. The maximum Gasteiger partial charge on any atom is 0.415 e. The van der Waals surface area contributed by atoms with Crippen LogP contribution in [0.1, 0.15) is 57.7 Å². The van der Waals surface area contributed by atoms with Gasteiger partial charge >= 0.3 is 12.1 Å². The number of rotatable bonds is 4. The summed E-state index contributed by atoms with van der Waals surface area (Å²) in [4.78, 5) is 43.4. The van der Waals surface area contributed by atoms with Gasteiger partial charge in [0.25, 0.3) is 0 Å². The number of esters is 1. The lowest BCUT2D eigenvalue weighted by Crippen LogP contribution is -2.54. The Morgan fingerprint density at radius 3 is 2.29 bits per heavy atom.